The van der Waals surface area contributed by atoms with Crippen molar-refractivity contribution in [1.29, 1.82) is 0 Å². The Morgan fingerprint density at radius 1 is 1.21 bits per heavy atom. The molecule has 1 aliphatic rings. The molecule has 2 unspecified atom stereocenters. The van der Waals surface area contributed by atoms with Crippen LogP contribution in [0.3, 0.4) is 0 Å². The molecule has 0 aromatic heterocycles. The fourth-order valence-electron chi connectivity index (χ4n) is 3.39. The van der Waals surface area contributed by atoms with Gasteiger partial charge in [-0.15, -0.1) is 0 Å². The number of nitrogens with one attached hydrogen (secondary N) is 1. The Balaban J connectivity index is 1.74. The highest BCUT2D eigenvalue weighted by Crippen LogP contribution is 2.33. The number of carbonyl (C=O) groups is 1. The van der Waals surface area contributed by atoms with Gasteiger partial charge in [-0.2, -0.15) is 0 Å². The van der Waals surface area contributed by atoms with Gasteiger partial charge in [0.2, 0.25) is 5.91 Å². The summed E-state index contributed by atoms with van der Waals surface area (Å²) in [5.74, 6) is 2.33. The lowest BCUT2D eigenvalue weighted by molar-refractivity contribution is -0.116. The molecule has 1 saturated carbocycles. The zero-order chi connectivity index (χ0) is 17.2. The summed E-state index contributed by atoms with van der Waals surface area (Å²) in [6.07, 6.45) is 10.8. The Morgan fingerprint density at radius 2 is 1.96 bits per heavy atom. The lowest BCUT2D eigenvalue weighted by Crippen LogP contribution is -2.29. The first-order chi connectivity index (χ1) is 11.7. The number of hydrogen-bond acceptors (Lipinski definition) is 2. The molecule has 3 nitrogen and oxygen atoms in total. The van der Waals surface area contributed by atoms with E-state index in [9.17, 15) is 4.79 Å². The highest BCUT2D eigenvalue weighted by molar-refractivity contribution is 5.91. The van der Waals surface area contributed by atoms with Crippen LogP contribution < -0.4 is 10.1 Å². The lowest BCUT2D eigenvalue weighted by Gasteiger charge is -2.17. The Morgan fingerprint density at radius 3 is 2.67 bits per heavy atom. The minimum Gasteiger partial charge on any atom is -0.494 e. The van der Waals surface area contributed by atoms with Gasteiger partial charge in [-0.25, -0.2) is 0 Å². The molecule has 0 heterocycles. The maximum Gasteiger partial charge on any atom is 0.244 e. The van der Waals surface area contributed by atoms with E-state index in [1.165, 1.54) is 25.7 Å². The fraction of sp³-hybridized carbons (Fsp3) is 0.571. The van der Waals surface area contributed by atoms with Crippen molar-refractivity contribution in [3.63, 3.8) is 0 Å². The van der Waals surface area contributed by atoms with Gasteiger partial charge >= 0.3 is 0 Å². The van der Waals surface area contributed by atoms with Gasteiger partial charge in [-0.1, -0.05) is 51.7 Å². The molecule has 132 valence electrons. The third kappa shape index (κ3) is 6.03. The maximum atomic E-state index is 12.0. The average molecular weight is 329 g/mol. The third-order valence-electron chi connectivity index (χ3n) is 4.95. The standard InChI is InChI=1S/C21H31NO2/c1-3-5-15-24-20-12-9-17(10-13-20)11-14-21(23)22-16-19-8-6-7-18(19)4-2/h9-14,18-19H,3-8,15-16H2,1-2H3,(H,22,23)/b14-11+. The Kier molecular flexibility index (Phi) is 7.87. The summed E-state index contributed by atoms with van der Waals surface area (Å²) in [6, 6.07) is 7.87. The van der Waals surface area contributed by atoms with E-state index in [0.29, 0.717) is 5.92 Å². The summed E-state index contributed by atoms with van der Waals surface area (Å²) in [5, 5.41) is 3.05. The van der Waals surface area contributed by atoms with E-state index in [4.69, 9.17) is 4.74 Å². The van der Waals surface area contributed by atoms with Crippen LogP contribution in [-0.4, -0.2) is 19.1 Å². The molecule has 1 amide bonds. The van der Waals surface area contributed by atoms with Crippen molar-refractivity contribution < 1.29 is 9.53 Å². The van der Waals surface area contributed by atoms with Crippen molar-refractivity contribution in [1.82, 2.24) is 5.32 Å². The Bertz CT molecular complexity index is 521. The van der Waals surface area contributed by atoms with Crippen LogP contribution in [0, 0.1) is 11.8 Å². The molecule has 24 heavy (non-hydrogen) atoms. The molecule has 2 rings (SSSR count). The van der Waals surface area contributed by atoms with Gasteiger partial charge in [0.1, 0.15) is 5.75 Å². The SMILES string of the molecule is CCCCOc1ccc(/C=C/C(=O)NCC2CCCC2CC)cc1. The predicted octanol–water partition coefficient (Wildman–Crippen LogP) is 4.82. The van der Waals surface area contributed by atoms with Crippen molar-refractivity contribution in [3.8, 4) is 5.75 Å². The number of ether oxygens (including phenoxy) is 1. The van der Waals surface area contributed by atoms with Crippen molar-refractivity contribution in [3.05, 3.63) is 35.9 Å². The first-order valence-electron chi connectivity index (χ1n) is 9.41. The van der Waals surface area contributed by atoms with Gasteiger partial charge in [0.25, 0.3) is 0 Å². The molecule has 1 aliphatic carbocycles. The van der Waals surface area contributed by atoms with Crippen LogP contribution in [0.25, 0.3) is 6.08 Å². The number of carbonyl (C=O) groups excluding carboxylic acids is 1. The highest BCUT2D eigenvalue weighted by Gasteiger charge is 2.25. The fourth-order valence-corrected chi connectivity index (χ4v) is 3.39. The molecular weight excluding hydrogens is 298 g/mol. The Labute approximate surface area is 146 Å². The quantitative estimate of drug-likeness (QED) is 0.521. The number of hydrogen-bond donors (Lipinski definition) is 1. The van der Waals surface area contributed by atoms with Crippen LogP contribution in [0.4, 0.5) is 0 Å². The molecule has 1 aromatic carbocycles. The highest BCUT2D eigenvalue weighted by atomic mass is 16.5. The van der Waals surface area contributed by atoms with Crippen LogP contribution in [0.15, 0.2) is 30.3 Å². The smallest absolute Gasteiger partial charge is 0.244 e. The molecular formula is C21H31NO2. The number of benzene rings is 1. The van der Waals surface area contributed by atoms with E-state index in [0.717, 1.165) is 43.2 Å². The molecule has 1 fully saturated rings. The zero-order valence-corrected chi connectivity index (χ0v) is 15.1. The number of unbranched alkanes of at least 4 members (excludes halogenated alkanes) is 1. The average Bonchev–Trinajstić information content (AvgIpc) is 3.07. The van der Waals surface area contributed by atoms with E-state index in [1.807, 2.05) is 30.3 Å². The monoisotopic (exact) mass is 329 g/mol. The second-order valence-corrected chi connectivity index (χ2v) is 6.71. The van der Waals surface area contributed by atoms with Crippen molar-refractivity contribution >= 4 is 12.0 Å². The van der Waals surface area contributed by atoms with E-state index in [1.54, 1.807) is 6.08 Å². The van der Waals surface area contributed by atoms with E-state index in [-0.39, 0.29) is 5.91 Å². The van der Waals surface area contributed by atoms with E-state index < -0.39 is 0 Å². The summed E-state index contributed by atoms with van der Waals surface area (Å²) < 4.78 is 5.64. The summed E-state index contributed by atoms with van der Waals surface area (Å²) in [5.41, 5.74) is 1.01. The second-order valence-electron chi connectivity index (χ2n) is 6.71. The van der Waals surface area contributed by atoms with Gasteiger partial charge in [0.05, 0.1) is 6.61 Å². The normalized spacial score (nSPS) is 20.4. The Hall–Kier alpha value is -1.77. The van der Waals surface area contributed by atoms with Crippen LogP contribution in [0.2, 0.25) is 0 Å². The summed E-state index contributed by atoms with van der Waals surface area (Å²) in [7, 11) is 0. The summed E-state index contributed by atoms with van der Waals surface area (Å²) in [4.78, 5) is 12.0. The van der Waals surface area contributed by atoms with Crippen LogP contribution >= 0.6 is 0 Å². The molecule has 1 N–H and O–H groups in total. The van der Waals surface area contributed by atoms with Gasteiger partial charge < -0.3 is 10.1 Å². The van der Waals surface area contributed by atoms with Crippen molar-refractivity contribution in [2.75, 3.05) is 13.2 Å². The van der Waals surface area contributed by atoms with Gasteiger partial charge in [0.15, 0.2) is 0 Å². The minimum atomic E-state index is 0.0000235. The first-order valence-corrected chi connectivity index (χ1v) is 9.41. The molecule has 0 radical (unpaired) electrons. The summed E-state index contributed by atoms with van der Waals surface area (Å²) >= 11 is 0. The molecule has 0 spiro atoms. The van der Waals surface area contributed by atoms with E-state index >= 15 is 0 Å². The first kappa shape index (κ1) is 18.6. The van der Waals surface area contributed by atoms with Crippen LogP contribution in [-0.2, 0) is 4.79 Å². The largest absolute Gasteiger partial charge is 0.494 e. The van der Waals surface area contributed by atoms with Crippen molar-refractivity contribution in [2.45, 2.75) is 52.4 Å². The van der Waals surface area contributed by atoms with Gasteiger partial charge in [0, 0.05) is 12.6 Å². The zero-order valence-electron chi connectivity index (χ0n) is 15.1. The van der Waals surface area contributed by atoms with E-state index in [2.05, 4.69) is 19.2 Å². The van der Waals surface area contributed by atoms with Gasteiger partial charge in [-0.05, 0) is 48.4 Å². The van der Waals surface area contributed by atoms with Crippen LogP contribution in [0.1, 0.15) is 57.9 Å². The molecule has 0 bridgehead atoms. The summed E-state index contributed by atoms with van der Waals surface area (Å²) in [6.45, 7) is 5.97. The second kappa shape index (κ2) is 10.2. The van der Waals surface area contributed by atoms with Crippen molar-refractivity contribution in [2.24, 2.45) is 11.8 Å². The maximum absolute atomic E-state index is 12.0. The van der Waals surface area contributed by atoms with Crippen LogP contribution in [0.5, 0.6) is 5.75 Å². The molecule has 0 aliphatic heterocycles. The molecule has 1 aromatic rings. The minimum absolute atomic E-state index is 0.0000235. The molecule has 0 saturated heterocycles. The molecule has 3 heteroatoms. The number of rotatable bonds is 9. The predicted molar refractivity (Wildman–Crippen MR) is 100 cm³/mol. The molecule has 2 atom stereocenters. The van der Waals surface area contributed by atoms with Gasteiger partial charge in [-0.3, -0.25) is 4.79 Å². The third-order valence-corrected chi connectivity index (χ3v) is 4.95. The topological polar surface area (TPSA) is 38.3 Å². The number of amides is 1. The lowest BCUT2D eigenvalue weighted by atomic mass is 9.94.